The molecule has 1 atom stereocenters. The van der Waals surface area contributed by atoms with E-state index in [9.17, 15) is 14.4 Å². The summed E-state index contributed by atoms with van der Waals surface area (Å²) in [6, 6.07) is 16.7. The molecule has 136 valence electrons. The van der Waals surface area contributed by atoms with Crippen LogP contribution in [0.1, 0.15) is 11.1 Å². The Balaban J connectivity index is 1.83. The zero-order valence-corrected chi connectivity index (χ0v) is 14.2. The van der Waals surface area contributed by atoms with Gasteiger partial charge in [0, 0.05) is 6.42 Å². The normalized spacial score (nSPS) is 11.2. The van der Waals surface area contributed by atoms with E-state index in [0.717, 1.165) is 11.1 Å². The predicted molar refractivity (Wildman–Crippen MR) is 95.9 cm³/mol. The minimum atomic E-state index is -0.878. The van der Waals surface area contributed by atoms with Crippen LogP contribution < -0.4 is 16.4 Å². The Labute approximate surface area is 151 Å². The van der Waals surface area contributed by atoms with Gasteiger partial charge in [0.1, 0.15) is 19.2 Å². The molecule has 0 aliphatic carbocycles. The number of hydrogen-bond donors (Lipinski definition) is 3. The van der Waals surface area contributed by atoms with Crippen molar-refractivity contribution in [1.82, 2.24) is 10.6 Å². The molecule has 2 aromatic carbocycles. The van der Waals surface area contributed by atoms with E-state index in [4.69, 9.17) is 10.5 Å². The molecule has 7 heteroatoms. The van der Waals surface area contributed by atoms with Crippen molar-refractivity contribution in [3.05, 3.63) is 71.8 Å². The maximum Gasteiger partial charge on any atom is 0.325 e. The molecule has 0 saturated heterocycles. The molecule has 2 aromatic rings. The third-order valence-corrected chi connectivity index (χ3v) is 3.57. The third kappa shape index (κ3) is 6.64. The Hall–Kier alpha value is -3.35. The molecular formula is C19H21N3O4. The molecule has 0 aromatic heterocycles. The third-order valence-electron chi connectivity index (χ3n) is 3.57. The molecule has 0 heterocycles. The molecule has 0 aliphatic heterocycles. The fourth-order valence-electron chi connectivity index (χ4n) is 2.30. The first-order valence-corrected chi connectivity index (χ1v) is 8.12. The lowest BCUT2D eigenvalue weighted by atomic mass is 10.1. The van der Waals surface area contributed by atoms with Gasteiger partial charge in [-0.25, -0.2) is 4.79 Å². The molecule has 0 fully saturated rings. The molecule has 0 bridgehead atoms. The lowest BCUT2D eigenvalue weighted by Crippen LogP contribution is -2.50. The van der Waals surface area contributed by atoms with Gasteiger partial charge < -0.3 is 21.1 Å². The Morgan fingerprint density at radius 2 is 1.50 bits per heavy atom. The van der Waals surface area contributed by atoms with Gasteiger partial charge in [-0.2, -0.15) is 0 Å². The topological polar surface area (TPSA) is 111 Å². The summed E-state index contributed by atoms with van der Waals surface area (Å²) >= 11 is 0. The van der Waals surface area contributed by atoms with Crippen molar-refractivity contribution in [2.24, 2.45) is 5.73 Å². The molecule has 0 radical (unpaired) electrons. The summed E-state index contributed by atoms with van der Waals surface area (Å²) in [4.78, 5) is 35.2. The minimum absolute atomic E-state index is 0.128. The lowest BCUT2D eigenvalue weighted by molar-refractivity contribution is -0.145. The van der Waals surface area contributed by atoms with Crippen molar-refractivity contribution in [3.63, 3.8) is 0 Å². The highest BCUT2D eigenvalue weighted by molar-refractivity contribution is 5.89. The number of carbonyl (C=O) groups excluding carboxylic acids is 3. The van der Waals surface area contributed by atoms with Crippen LogP contribution in [0.3, 0.4) is 0 Å². The summed E-state index contributed by atoms with van der Waals surface area (Å²) < 4.78 is 5.09. The van der Waals surface area contributed by atoms with Crippen molar-refractivity contribution < 1.29 is 19.1 Å². The number of ether oxygens (including phenoxy) is 1. The number of carbonyl (C=O) groups is 3. The second-order valence-corrected chi connectivity index (χ2v) is 5.61. The standard InChI is InChI=1S/C19H21N3O4/c20-19(25)22-16(11-14-7-3-1-4-8-14)18(24)21-12-17(23)26-13-15-9-5-2-6-10-15/h1-10,16H,11-13H2,(H,21,24)(H3,20,22,25)/t16-/m0/s1. The van der Waals surface area contributed by atoms with E-state index in [1.165, 1.54) is 0 Å². The van der Waals surface area contributed by atoms with Crippen molar-refractivity contribution >= 4 is 17.9 Å². The number of esters is 1. The molecule has 2 rings (SSSR count). The number of rotatable bonds is 8. The zero-order chi connectivity index (χ0) is 18.8. The highest BCUT2D eigenvalue weighted by Crippen LogP contribution is 2.04. The summed E-state index contributed by atoms with van der Waals surface area (Å²) in [6.45, 7) is -0.167. The summed E-state index contributed by atoms with van der Waals surface area (Å²) in [6.07, 6.45) is 0.259. The quantitative estimate of drug-likeness (QED) is 0.616. The van der Waals surface area contributed by atoms with Crippen LogP contribution in [-0.2, 0) is 27.4 Å². The molecule has 7 nitrogen and oxygen atoms in total. The van der Waals surface area contributed by atoms with E-state index in [2.05, 4.69) is 10.6 Å². The van der Waals surface area contributed by atoms with Crippen molar-refractivity contribution in [3.8, 4) is 0 Å². The fourth-order valence-corrected chi connectivity index (χ4v) is 2.30. The van der Waals surface area contributed by atoms with Gasteiger partial charge in [0.25, 0.3) is 0 Å². The van der Waals surface area contributed by atoms with Gasteiger partial charge in [-0.3, -0.25) is 9.59 Å². The minimum Gasteiger partial charge on any atom is -0.460 e. The van der Waals surface area contributed by atoms with Crippen molar-refractivity contribution in [2.75, 3.05) is 6.54 Å². The predicted octanol–water partition coefficient (Wildman–Crippen LogP) is 1.13. The largest absolute Gasteiger partial charge is 0.460 e. The summed E-state index contributed by atoms with van der Waals surface area (Å²) in [5.41, 5.74) is 6.84. The van der Waals surface area contributed by atoms with Crippen LogP contribution in [0.25, 0.3) is 0 Å². The number of hydrogen-bond acceptors (Lipinski definition) is 4. The Kier molecular flexibility index (Phi) is 7.17. The van der Waals surface area contributed by atoms with Gasteiger partial charge in [0.2, 0.25) is 5.91 Å². The molecule has 0 aliphatic rings. The Morgan fingerprint density at radius 1 is 0.923 bits per heavy atom. The van der Waals surface area contributed by atoms with E-state index >= 15 is 0 Å². The lowest BCUT2D eigenvalue weighted by Gasteiger charge is -2.17. The van der Waals surface area contributed by atoms with E-state index in [0.29, 0.717) is 0 Å². The van der Waals surface area contributed by atoms with Crippen molar-refractivity contribution in [1.29, 1.82) is 0 Å². The number of amides is 3. The first-order chi connectivity index (χ1) is 12.5. The number of benzene rings is 2. The SMILES string of the molecule is NC(=O)N[C@@H](Cc1ccccc1)C(=O)NCC(=O)OCc1ccccc1. The van der Waals surface area contributed by atoms with Crippen LogP contribution >= 0.6 is 0 Å². The average Bonchev–Trinajstić information content (AvgIpc) is 2.65. The summed E-state index contributed by atoms with van der Waals surface area (Å²) in [5, 5.41) is 4.85. The van der Waals surface area contributed by atoms with Crippen molar-refractivity contribution in [2.45, 2.75) is 19.1 Å². The van der Waals surface area contributed by atoms with Crippen LogP contribution in [0.4, 0.5) is 4.79 Å². The van der Waals surface area contributed by atoms with Crippen LogP contribution in [0.2, 0.25) is 0 Å². The molecule has 26 heavy (non-hydrogen) atoms. The molecule has 0 spiro atoms. The molecule has 0 saturated carbocycles. The fraction of sp³-hybridized carbons (Fsp3) is 0.211. The highest BCUT2D eigenvalue weighted by atomic mass is 16.5. The summed E-state index contributed by atoms with van der Waals surface area (Å²) in [5.74, 6) is -1.08. The van der Waals surface area contributed by atoms with E-state index in [1.54, 1.807) is 0 Å². The maximum atomic E-state index is 12.3. The van der Waals surface area contributed by atoms with E-state index in [-0.39, 0.29) is 19.6 Å². The average molecular weight is 355 g/mol. The van der Waals surface area contributed by atoms with Gasteiger partial charge >= 0.3 is 12.0 Å². The first-order valence-electron chi connectivity index (χ1n) is 8.12. The second kappa shape index (κ2) is 9.83. The summed E-state index contributed by atoms with van der Waals surface area (Å²) in [7, 11) is 0. The Morgan fingerprint density at radius 3 is 2.08 bits per heavy atom. The molecule has 3 amide bonds. The number of nitrogens with one attached hydrogen (secondary N) is 2. The first kappa shape index (κ1) is 19.0. The molecule has 4 N–H and O–H groups in total. The number of urea groups is 1. The van der Waals surface area contributed by atoms with Crippen LogP contribution in [0.15, 0.2) is 60.7 Å². The smallest absolute Gasteiger partial charge is 0.325 e. The van der Waals surface area contributed by atoms with E-state index in [1.807, 2.05) is 60.7 Å². The van der Waals surface area contributed by atoms with Gasteiger partial charge in [0.15, 0.2) is 0 Å². The zero-order valence-electron chi connectivity index (χ0n) is 14.2. The van der Waals surface area contributed by atoms with Gasteiger partial charge in [-0.1, -0.05) is 60.7 Å². The van der Waals surface area contributed by atoms with Crippen LogP contribution in [0.5, 0.6) is 0 Å². The Bertz CT molecular complexity index is 735. The number of primary amides is 1. The second-order valence-electron chi connectivity index (χ2n) is 5.61. The highest BCUT2D eigenvalue weighted by Gasteiger charge is 2.21. The van der Waals surface area contributed by atoms with Gasteiger partial charge in [-0.05, 0) is 11.1 Å². The molecule has 0 unspecified atom stereocenters. The maximum absolute atomic E-state index is 12.3. The molecular weight excluding hydrogens is 334 g/mol. The van der Waals surface area contributed by atoms with Gasteiger partial charge in [-0.15, -0.1) is 0 Å². The monoisotopic (exact) mass is 355 g/mol. The number of nitrogens with two attached hydrogens (primary N) is 1. The van der Waals surface area contributed by atoms with Crippen LogP contribution in [-0.4, -0.2) is 30.5 Å². The van der Waals surface area contributed by atoms with Gasteiger partial charge in [0.05, 0.1) is 0 Å². The van der Waals surface area contributed by atoms with Crippen LogP contribution in [0, 0.1) is 0 Å². The van der Waals surface area contributed by atoms with E-state index < -0.39 is 23.9 Å².